The second kappa shape index (κ2) is 8.23. The molecule has 3 aromatic rings. The van der Waals surface area contributed by atoms with Crippen molar-refractivity contribution in [2.75, 3.05) is 16.7 Å². The third kappa shape index (κ3) is 4.58. The lowest BCUT2D eigenvalue weighted by molar-refractivity contribution is 0.102. The van der Waals surface area contributed by atoms with Gasteiger partial charge in [-0.05, 0) is 61.5 Å². The molecule has 8 heteroatoms. The van der Waals surface area contributed by atoms with Gasteiger partial charge >= 0.3 is 0 Å². The first-order valence-electron chi connectivity index (χ1n) is 8.60. The molecule has 29 heavy (non-hydrogen) atoms. The third-order valence-electron chi connectivity index (χ3n) is 4.35. The van der Waals surface area contributed by atoms with Crippen LogP contribution in [0.5, 0.6) is 0 Å². The summed E-state index contributed by atoms with van der Waals surface area (Å²) in [6.07, 6.45) is 0. The van der Waals surface area contributed by atoms with E-state index in [0.717, 1.165) is 15.9 Å². The van der Waals surface area contributed by atoms with Gasteiger partial charge in [-0.25, -0.2) is 12.8 Å². The number of carbonyl (C=O) groups excluding carboxylic acids is 1. The largest absolute Gasteiger partial charge is 0.319 e. The van der Waals surface area contributed by atoms with Gasteiger partial charge in [-0.2, -0.15) is 0 Å². The van der Waals surface area contributed by atoms with Crippen LogP contribution < -0.4 is 9.62 Å². The number of carbonyl (C=O) groups is 1. The maximum absolute atomic E-state index is 13.8. The zero-order valence-corrected chi connectivity index (χ0v) is 17.3. The SMILES string of the molecule is Cc1ccc(S(=O)(=O)N(C)c2ccc(C(=O)Nc3cc(Cl)ccc3F)cc2)cc1. The van der Waals surface area contributed by atoms with Crippen LogP contribution in [-0.4, -0.2) is 21.4 Å². The fraction of sp³-hybridized carbons (Fsp3) is 0.0952. The van der Waals surface area contributed by atoms with Gasteiger partial charge in [0.05, 0.1) is 16.3 Å². The number of benzene rings is 3. The number of nitrogens with one attached hydrogen (secondary N) is 1. The van der Waals surface area contributed by atoms with Crippen LogP contribution in [0.15, 0.2) is 71.6 Å². The highest BCUT2D eigenvalue weighted by molar-refractivity contribution is 7.92. The normalized spacial score (nSPS) is 11.2. The van der Waals surface area contributed by atoms with E-state index in [1.807, 2.05) is 6.92 Å². The van der Waals surface area contributed by atoms with E-state index in [9.17, 15) is 17.6 Å². The van der Waals surface area contributed by atoms with E-state index in [1.165, 1.54) is 43.4 Å². The molecule has 0 aliphatic heterocycles. The second-order valence-corrected chi connectivity index (χ2v) is 8.82. The molecule has 0 heterocycles. The fourth-order valence-electron chi connectivity index (χ4n) is 2.62. The minimum Gasteiger partial charge on any atom is -0.319 e. The second-order valence-electron chi connectivity index (χ2n) is 6.41. The first-order valence-corrected chi connectivity index (χ1v) is 10.4. The van der Waals surface area contributed by atoms with Crippen molar-refractivity contribution < 1.29 is 17.6 Å². The molecule has 0 radical (unpaired) electrons. The van der Waals surface area contributed by atoms with Crippen LogP contribution in [-0.2, 0) is 10.0 Å². The Morgan fingerprint density at radius 1 is 1.00 bits per heavy atom. The molecule has 0 spiro atoms. The van der Waals surface area contributed by atoms with E-state index < -0.39 is 21.7 Å². The lowest BCUT2D eigenvalue weighted by Crippen LogP contribution is -2.26. The van der Waals surface area contributed by atoms with E-state index in [1.54, 1.807) is 24.3 Å². The molecule has 0 aromatic heterocycles. The molecule has 1 amide bonds. The van der Waals surface area contributed by atoms with Gasteiger partial charge in [0.2, 0.25) is 0 Å². The average Bonchev–Trinajstić information content (AvgIpc) is 2.70. The highest BCUT2D eigenvalue weighted by Crippen LogP contribution is 2.24. The minimum absolute atomic E-state index is 0.0364. The van der Waals surface area contributed by atoms with Crippen molar-refractivity contribution in [2.45, 2.75) is 11.8 Å². The molecule has 150 valence electrons. The van der Waals surface area contributed by atoms with Crippen LogP contribution in [0.1, 0.15) is 15.9 Å². The summed E-state index contributed by atoms with van der Waals surface area (Å²) in [4.78, 5) is 12.5. The quantitative estimate of drug-likeness (QED) is 0.625. The number of amides is 1. The number of anilines is 2. The van der Waals surface area contributed by atoms with Gasteiger partial charge in [-0.1, -0.05) is 29.3 Å². The smallest absolute Gasteiger partial charge is 0.264 e. The van der Waals surface area contributed by atoms with Crippen LogP contribution in [0.25, 0.3) is 0 Å². The van der Waals surface area contributed by atoms with Crippen LogP contribution >= 0.6 is 11.6 Å². The monoisotopic (exact) mass is 432 g/mol. The first kappa shape index (κ1) is 20.8. The van der Waals surface area contributed by atoms with Gasteiger partial charge in [0.15, 0.2) is 0 Å². The Bertz CT molecular complexity index is 1150. The van der Waals surface area contributed by atoms with Crippen molar-refractivity contribution in [3.05, 3.63) is 88.7 Å². The Balaban J connectivity index is 1.79. The Hall–Kier alpha value is -2.90. The highest BCUT2D eigenvalue weighted by Gasteiger charge is 2.21. The molecule has 0 saturated carbocycles. The predicted molar refractivity (Wildman–Crippen MR) is 113 cm³/mol. The summed E-state index contributed by atoms with van der Waals surface area (Å²) in [5.74, 6) is -1.15. The maximum atomic E-state index is 13.8. The predicted octanol–water partition coefficient (Wildman–Crippen LogP) is 4.86. The van der Waals surface area contributed by atoms with Gasteiger partial charge in [0.25, 0.3) is 15.9 Å². The van der Waals surface area contributed by atoms with Crippen LogP contribution in [0.3, 0.4) is 0 Å². The average molecular weight is 433 g/mol. The number of hydrogen-bond donors (Lipinski definition) is 1. The molecule has 0 bridgehead atoms. The van der Waals surface area contributed by atoms with Crippen LogP contribution in [0, 0.1) is 12.7 Å². The van der Waals surface area contributed by atoms with Crippen molar-refractivity contribution in [3.63, 3.8) is 0 Å². The summed E-state index contributed by atoms with van der Waals surface area (Å²) in [5.41, 5.74) is 1.55. The number of halogens is 2. The summed E-state index contributed by atoms with van der Waals surface area (Å²) in [6.45, 7) is 1.87. The fourth-order valence-corrected chi connectivity index (χ4v) is 3.99. The Morgan fingerprint density at radius 3 is 2.24 bits per heavy atom. The number of nitrogens with zero attached hydrogens (tertiary/aromatic N) is 1. The molecular formula is C21H18ClFN2O3S. The van der Waals surface area contributed by atoms with Gasteiger partial charge < -0.3 is 5.32 Å². The molecule has 0 saturated heterocycles. The third-order valence-corrected chi connectivity index (χ3v) is 6.38. The summed E-state index contributed by atoms with van der Waals surface area (Å²) < 4.78 is 40.5. The standard InChI is InChI=1S/C21H18ClFN2O3S/c1-14-3-10-18(11-4-14)29(27,28)25(2)17-8-5-15(6-9-17)21(26)24-20-13-16(22)7-12-19(20)23/h3-13H,1-2H3,(H,24,26). The Labute approximate surface area is 173 Å². The van der Waals surface area contributed by atoms with Crippen molar-refractivity contribution in [3.8, 4) is 0 Å². The highest BCUT2D eigenvalue weighted by atomic mass is 35.5. The van der Waals surface area contributed by atoms with Crippen molar-refractivity contribution in [2.24, 2.45) is 0 Å². The van der Waals surface area contributed by atoms with Crippen molar-refractivity contribution in [1.29, 1.82) is 0 Å². The van der Waals surface area contributed by atoms with E-state index >= 15 is 0 Å². The Kier molecular flexibility index (Phi) is 5.91. The first-order chi connectivity index (χ1) is 13.7. The molecule has 0 aliphatic carbocycles. The van der Waals surface area contributed by atoms with Crippen LogP contribution in [0.2, 0.25) is 5.02 Å². The zero-order valence-electron chi connectivity index (χ0n) is 15.7. The summed E-state index contributed by atoms with van der Waals surface area (Å²) in [6, 6.07) is 16.3. The van der Waals surface area contributed by atoms with Crippen LogP contribution in [0.4, 0.5) is 15.8 Å². The molecule has 0 fully saturated rings. The van der Waals surface area contributed by atoms with Gasteiger partial charge in [0.1, 0.15) is 5.82 Å². The van der Waals surface area contributed by atoms with E-state index in [0.29, 0.717) is 10.7 Å². The molecular weight excluding hydrogens is 415 g/mol. The van der Waals surface area contributed by atoms with Gasteiger partial charge in [-0.3, -0.25) is 9.10 Å². The molecule has 1 N–H and O–H groups in total. The lowest BCUT2D eigenvalue weighted by atomic mass is 10.2. The zero-order chi connectivity index (χ0) is 21.2. The minimum atomic E-state index is -3.73. The van der Waals surface area contributed by atoms with Crippen molar-refractivity contribution in [1.82, 2.24) is 0 Å². The van der Waals surface area contributed by atoms with Crippen molar-refractivity contribution >= 4 is 38.9 Å². The number of sulfonamides is 1. The molecule has 5 nitrogen and oxygen atoms in total. The number of rotatable bonds is 5. The molecule has 0 atom stereocenters. The van der Waals surface area contributed by atoms with E-state index in [-0.39, 0.29) is 16.1 Å². The molecule has 0 aliphatic rings. The van der Waals surface area contributed by atoms with E-state index in [4.69, 9.17) is 11.6 Å². The van der Waals surface area contributed by atoms with Gasteiger partial charge in [0, 0.05) is 17.6 Å². The topological polar surface area (TPSA) is 66.5 Å². The van der Waals surface area contributed by atoms with E-state index in [2.05, 4.69) is 5.32 Å². The maximum Gasteiger partial charge on any atom is 0.264 e. The number of hydrogen-bond acceptors (Lipinski definition) is 3. The number of aryl methyl sites for hydroxylation is 1. The van der Waals surface area contributed by atoms with Gasteiger partial charge in [-0.15, -0.1) is 0 Å². The molecule has 3 rings (SSSR count). The summed E-state index contributed by atoms with van der Waals surface area (Å²) in [7, 11) is -2.30. The molecule has 0 unspecified atom stereocenters. The summed E-state index contributed by atoms with van der Waals surface area (Å²) >= 11 is 5.82. The molecule has 3 aromatic carbocycles. The summed E-state index contributed by atoms with van der Waals surface area (Å²) in [5, 5.41) is 2.74. The lowest BCUT2D eigenvalue weighted by Gasteiger charge is -2.20. The Morgan fingerprint density at radius 2 is 1.62 bits per heavy atom.